The average Bonchev–Trinajstić information content (AvgIpc) is 2.26. The number of hydrogen-bond donors (Lipinski definition) is 2. The second-order valence-electron chi connectivity index (χ2n) is 4.03. The van der Waals surface area contributed by atoms with Crippen molar-refractivity contribution in [3.63, 3.8) is 0 Å². The highest BCUT2D eigenvalue weighted by Gasteiger charge is 2.18. The van der Waals surface area contributed by atoms with Gasteiger partial charge in [-0.1, -0.05) is 24.3 Å². The molecule has 0 heterocycles. The predicted molar refractivity (Wildman–Crippen MR) is 59.8 cm³/mol. The minimum Gasteiger partial charge on any atom is -0.508 e. The molecule has 1 aliphatic carbocycles. The third kappa shape index (κ3) is 2.21. The Hall–Kier alpha value is -1.28. The summed E-state index contributed by atoms with van der Waals surface area (Å²) in [6, 6.07) is 5.73. The molecule has 0 aliphatic heterocycles. The molecule has 80 valence electrons. The molecule has 0 spiro atoms. The first-order valence-electron chi connectivity index (χ1n) is 5.38. The standard InChI is InChI=1S/C13H16O2/c14-8-2-3-10-6-7-12-11(9-10)4-1-5-13(12)15/h1-5,10,14-15H,6-9H2/b3-2+. The zero-order valence-electron chi connectivity index (χ0n) is 8.69. The molecular formula is C13H16O2. The molecule has 0 aromatic heterocycles. The van der Waals surface area contributed by atoms with E-state index in [1.54, 1.807) is 12.1 Å². The molecule has 1 atom stereocenters. The summed E-state index contributed by atoms with van der Waals surface area (Å²) in [6.07, 6.45) is 6.84. The van der Waals surface area contributed by atoms with Crippen molar-refractivity contribution in [3.05, 3.63) is 41.5 Å². The molecule has 1 aliphatic rings. The maximum absolute atomic E-state index is 9.66. The van der Waals surface area contributed by atoms with Crippen molar-refractivity contribution in [2.75, 3.05) is 6.61 Å². The van der Waals surface area contributed by atoms with E-state index in [-0.39, 0.29) is 6.61 Å². The molecule has 0 fully saturated rings. The van der Waals surface area contributed by atoms with Crippen molar-refractivity contribution in [2.24, 2.45) is 5.92 Å². The van der Waals surface area contributed by atoms with Crippen molar-refractivity contribution in [2.45, 2.75) is 19.3 Å². The highest BCUT2D eigenvalue weighted by atomic mass is 16.3. The smallest absolute Gasteiger partial charge is 0.119 e. The molecule has 2 heteroatoms. The zero-order valence-corrected chi connectivity index (χ0v) is 8.69. The Labute approximate surface area is 89.9 Å². The van der Waals surface area contributed by atoms with Crippen LogP contribution in [0.3, 0.4) is 0 Å². The lowest BCUT2D eigenvalue weighted by molar-refractivity contribution is 0.341. The fourth-order valence-corrected chi connectivity index (χ4v) is 2.23. The summed E-state index contributed by atoms with van der Waals surface area (Å²) in [4.78, 5) is 0. The highest BCUT2D eigenvalue weighted by Crippen LogP contribution is 2.31. The molecular weight excluding hydrogens is 188 g/mol. The number of aromatic hydroxyl groups is 1. The SMILES string of the molecule is OC/C=C/C1CCc2c(O)cccc2C1. The third-order valence-electron chi connectivity index (χ3n) is 3.01. The van der Waals surface area contributed by atoms with E-state index in [1.807, 2.05) is 6.07 Å². The Balaban J connectivity index is 2.17. The van der Waals surface area contributed by atoms with Crippen molar-refractivity contribution < 1.29 is 10.2 Å². The van der Waals surface area contributed by atoms with Gasteiger partial charge in [-0.25, -0.2) is 0 Å². The van der Waals surface area contributed by atoms with Crippen molar-refractivity contribution in [1.29, 1.82) is 0 Å². The molecule has 0 bridgehead atoms. The van der Waals surface area contributed by atoms with Gasteiger partial charge in [0, 0.05) is 0 Å². The number of fused-ring (bicyclic) bond motifs is 1. The van der Waals surface area contributed by atoms with Crippen LogP contribution < -0.4 is 0 Å². The van der Waals surface area contributed by atoms with E-state index in [9.17, 15) is 5.11 Å². The second kappa shape index (κ2) is 4.49. The van der Waals surface area contributed by atoms with Crippen molar-refractivity contribution in [1.82, 2.24) is 0 Å². The predicted octanol–water partition coefficient (Wildman–Crippen LogP) is 2.05. The van der Waals surface area contributed by atoms with E-state index in [4.69, 9.17) is 5.11 Å². The van der Waals surface area contributed by atoms with Crippen LogP contribution in [0.4, 0.5) is 0 Å². The largest absolute Gasteiger partial charge is 0.508 e. The van der Waals surface area contributed by atoms with Gasteiger partial charge in [-0.2, -0.15) is 0 Å². The van der Waals surface area contributed by atoms with Gasteiger partial charge in [-0.05, 0) is 42.4 Å². The monoisotopic (exact) mass is 204 g/mol. The van der Waals surface area contributed by atoms with Crippen LogP contribution in [0.2, 0.25) is 0 Å². The number of phenols is 1. The lowest BCUT2D eigenvalue weighted by Gasteiger charge is -2.22. The summed E-state index contributed by atoms with van der Waals surface area (Å²) in [5, 5.41) is 18.4. The number of phenolic OH excluding ortho intramolecular Hbond substituents is 1. The van der Waals surface area contributed by atoms with Crippen LogP contribution in [0.25, 0.3) is 0 Å². The molecule has 0 radical (unpaired) electrons. The average molecular weight is 204 g/mol. The first-order chi connectivity index (χ1) is 7.31. The summed E-state index contributed by atoms with van der Waals surface area (Å²) in [7, 11) is 0. The summed E-state index contributed by atoms with van der Waals surface area (Å²) >= 11 is 0. The highest BCUT2D eigenvalue weighted by molar-refractivity contribution is 5.41. The van der Waals surface area contributed by atoms with Crippen LogP contribution in [-0.4, -0.2) is 16.8 Å². The Bertz CT molecular complexity index is 369. The van der Waals surface area contributed by atoms with Gasteiger partial charge in [0.2, 0.25) is 0 Å². The Morgan fingerprint density at radius 3 is 3.07 bits per heavy atom. The molecule has 0 amide bonds. The van der Waals surface area contributed by atoms with Crippen LogP contribution in [0.1, 0.15) is 17.5 Å². The quantitative estimate of drug-likeness (QED) is 0.724. The maximum Gasteiger partial charge on any atom is 0.119 e. The number of rotatable bonds is 2. The Morgan fingerprint density at radius 2 is 2.27 bits per heavy atom. The summed E-state index contributed by atoms with van der Waals surface area (Å²) in [5.41, 5.74) is 2.35. The van der Waals surface area contributed by atoms with Crippen molar-refractivity contribution >= 4 is 0 Å². The summed E-state index contributed by atoms with van der Waals surface area (Å²) < 4.78 is 0. The van der Waals surface area contributed by atoms with Gasteiger partial charge in [0.25, 0.3) is 0 Å². The molecule has 0 saturated heterocycles. The molecule has 2 rings (SSSR count). The van der Waals surface area contributed by atoms with Crippen LogP contribution >= 0.6 is 0 Å². The molecule has 15 heavy (non-hydrogen) atoms. The fraction of sp³-hybridized carbons (Fsp3) is 0.385. The normalized spacial score (nSPS) is 20.5. The minimum absolute atomic E-state index is 0.114. The van der Waals surface area contributed by atoms with Gasteiger partial charge in [0.15, 0.2) is 0 Å². The lowest BCUT2D eigenvalue weighted by atomic mass is 9.83. The van der Waals surface area contributed by atoms with Crippen LogP contribution in [-0.2, 0) is 12.8 Å². The van der Waals surface area contributed by atoms with E-state index in [0.29, 0.717) is 11.7 Å². The van der Waals surface area contributed by atoms with Gasteiger partial charge < -0.3 is 10.2 Å². The summed E-state index contributed by atoms with van der Waals surface area (Å²) in [5.74, 6) is 0.934. The van der Waals surface area contributed by atoms with Gasteiger partial charge >= 0.3 is 0 Å². The van der Waals surface area contributed by atoms with Gasteiger partial charge in [0.05, 0.1) is 6.61 Å². The molecule has 2 N–H and O–H groups in total. The Kier molecular flexibility index (Phi) is 3.07. The number of hydrogen-bond acceptors (Lipinski definition) is 2. The molecule has 0 saturated carbocycles. The summed E-state index contributed by atoms with van der Waals surface area (Å²) in [6.45, 7) is 0.114. The number of aliphatic hydroxyl groups excluding tert-OH is 1. The first-order valence-corrected chi connectivity index (χ1v) is 5.38. The molecule has 1 unspecified atom stereocenters. The Morgan fingerprint density at radius 1 is 1.40 bits per heavy atom. The van der Waals surface area contributed by atoms with Crippen LogP contribution in [0.15, 0.2) is 30.4 Å². The second-order valence-corrected chi connectivity index (χ2v) is 4.03. The number of allylic oxidation sites excluding steroid dienone is 1. The zero-order chi connectivity index (χ0) is 10.7. The van der Waals surface area contributed by atoms with Gasteiger partial charge in [-0.15, -0.1) is 0 Å². The lowest BCUT2D eigenvalue weighted by Crippen LogP contribution is -2.12. The van der Waals surface area contributed by atoms with Crippen LogP contribution in [0.5, 0.6) is 5.75 Å². The molecule has 1 aromatic rings. The maximum atomic E-state index is 9.66. The van der Waals surface area contributed by atoms with Crippen LogP contribution in [0, 0.1) is 5.92 Å². The molecule has 1 aromatic carbocycles. The van der Waals surface area contributed by atoms with E-state index >= 15 is 0 Å². The van der Waals surface area contributed by atoms with E-state index < -0.39 is 0 Å². The number of aliphatic hydroxyl groups is 1. The van der Waals surface area contributed by atoms with Gasteiger partial charge in [-0.3, -0.25) is 0 Å². The van der Waals surface area contributed by atoms with E-state index in [0.717, 1.165) is 24.8 Å². The van der Waals surface area contributed by atoms with E-state index in [2.05, 4.69) is 12.1 Å². The minimum atomic E-state index is 0.114. The topological polar surface area (TPSA) is 40.5 Å². The fourth-order valence-electron chi connectivity index (χ4n) is 2.23. The number of benzene rings is 1. The van der Waals surface area contributed by atoms with E-state index in [1.165, 1.54) is 5.56 Å². The third-order valence-corrected chi connectivity index (χ3v) is 3.01. The first kappa shape index (κ1) is 10.2. The van der Waals surface area contributed by atoms with Gasteiger partial charge in [0.1, 0.15) is 5.75 Å². The molecule has 2 nitrogen and oxygen atoms in total. The van der Waals surface area contributed by atoms with Crippen molar-refractivity contribution in [3.8, 4) is 5.75 Å².